The molecule has 0 bridgehead atoms. The van der Waals surface area contributed by atoms with Crippen LogP contribution in [0.25, 0.3) is 0 Å². The van der Waals surface area contributed by atoms with Gasteiger partial charge in [0.1, 0.15) is 0 Å². The maximum absolute atomic E-state index is 12.0. The highest BCUT2D eigenvalue weighted by Gasteiger charge is 2.42. The molecule has 0 radical (unpaired) electrons. The van der Waals surface area contributed by atoms with Gasteiger partial charge in [-0.15, -0.1) is 0 Å². The first-order valence-corrected chi connectivity index (χ1v) is 7.49. The van der Waals surface area contributed by atoms with Crippen molar-refractivity contribution in [1.29, 1.82) is 0 Å². The minimum atomic E-state index is -3.01. The second-order valence-corrected chi connectivity index (χ2v) is 7.38. The van der Waals surface area contributed by atoms with Crippen molar-refractivity contribution in [2.75, 3.05) is 24.7 Å². The number of hydrogen-bond donors (Lipinski definition) is 2. The lowest BCUT2D eigenvalue weighted by molar-refractivity contribution is -0.126. The third-order valence-corrected chi connectivity index (χ3v) is 5.29. The van der Waals surface area contributed by atoms with Crippen molar-refractivity contribution in [3.05, 3.63) is 0 Å². The van der Waals surface area contributed by atoms with Gasteiger partial charge in [0, 0.05) is 6.04 Å². The zero-order valence-corrected chi connectivity index (χ0v) is 10.6. The Balaban J connectivity index is 1.99. The molecule has 2 saturated heterocycles. The van der Waals surface area contributed by atoms with E-state index >= 15 is 0 Å². The first-order chi connectivity index (χ1) is 7.81. The van der Waals surface area contributed by atoms with Gasteiger partial charge in [-0.05, 0) is 13.3 Å². The highest BCUT2D eigenvalue weighted by Crippen LogP contribution is 2.24. The van der Waals surface area contributed by atoms with Crippen molar-refractivity contribution in [1.82, 2.24) is 5.32 Å². The van der Waals surface area contributed by atoms with Crippen LogP contribution in [-0.2, 0) is 19.4 Å². The summed E-state index contributed by atoms with van der Waals surface area (Å²) in [5.41, 5.74) is 5.09. The summed E-state index contributed by atoms with van der Waals surface area (Å²) in [4.78, 5) is 12.0. The summed E-state index contributed by atoms with van der Waals surface area (Å²) < 4.78 is 27.9. The molecule has 1 amide bonds. The Bertz CT molecular complexity index is 422. The minimum absolute atomic E-state index is 0.00849. The molecule has 0 saturated carbocycles. The molecule has 3 atom stereocenters. The number of rotatable bonds is 2. The van der Waals surface area contributed by atoms with Gasteiger partial charge >= 0.3 is 0 Å². The van der Waals surface area contributed by atoms with E-state index in [0.717, 1.165) is 0 Å². The fourth-order valence-corrected chi connectivity index (χ4v) is 4.43. The lowest BCUT2D eigenvalue weighted by Crippen LogP contribution is -2.52. The van der Waals surface area contributed by atoms with Crippen LogP contribution >= 0.6 is 0 Å². The molecule has 6 nitrogen and oxygen atoms in total. The van der Waals surface area contributed by atoms with Crippen molar-refractivity contribution in [3.63, 3.8) is 0 Å². The summed E-state index contributed by atoms with van der Waals surface area (Å²) in [5.74, 6) is -0.421. The zero-order chi connectivity index (χ0) is 12.7. The molecular formula is C10H18N2O4S. The van der Waals surface area contributed by atoms with Gasteiger partial charge in [-0.1, -0.05) is 0 Å². The first-order valence-electron chi connectivity index (χ1n) is 5.67. The van der Waals surface area contributed by atoms with Crippen LogP contribution in [0.2, 0.25) is 0 Å². The summed E-state index contributed by atoms with van der Waals surface area (Å²) >= 11 is 0. The van der Waals surface area contributed by atoms with Crippen molar-refractivity contribution < 1.29 is 17.9 Å². The Morgan fingerprint density at radius 3 is 2.65 bits per heavy atom. The number of amides is 1. The molecule has 7 heteroatoms. The largest absolute Gasteiger partial charge is 0.379 e. The molecule has 98 valence electrons. The maximum atomic E-state index is 12.0. The van der Waals surface area contributed by atoms with E-state index in [9.17, 15) is 13.2 Å². The van der Waals surface area contributed by atoms with Gasteiger partial charge in [-0.2, -0.15) is 0 Å². The van der Waals surface area contributed by atoms with Gasteiger partial charge in [-0.3, -0.25) is 4.79 Å². The predicted molar refractivity (Wildman–Crippen MR) is 62.1 cm³/mol. The van der Waals surface area contributed by atoms with Gasteiger partial charge in [0.05, 0.1) is 36.2 Å². The van der Waals surface area contributed by atoms with E-state index in [0.29, 0.717) is 19.6 Å². The van der Waals surface area contributed by atoms with E-state index < -0.39 is 15.4 Å². The number of hydrogen-bond acceptors (Lipinski definition) is 5. The molecule has 0 aliphatic carbocycles. The smallest absolute Gasteiger partial charge is 0.227 e. The topological polar surface area (TPSA) is 98.5 Å². The van der Waals surface area contributed by atoms with Crippen LogP contribution < -0.4 is 11.1 Å². The molecule has 0 aromatic rings. The van der Waals surface area contributed by atoms with Crippen LogP contribution in [0, 0.1) is 5.92 Å². The SMILES string of the molecule is CC1(NC(=O)C2COCC2N)CCS(=O)(=O)C1. The van der Waals surface area contributed by atoms with Crippen LogP contribution in [-0.4, -0.2) is 50.6 Å². The Morgan fingerprint density at radius 2 is 2.18 bits per heavy atom. The molecule has 2 fully saturated rings. The summed E-state index contributed by atoms with van der Waals surface area (Å²) in [7, 11) is -3.01. The second kappa shape index (κ2) is 4.22. The molecule has 17 heavy (non-hydrogen) atoms. The van der Waals surface area contributed by atoms with E-state index in [-0.39, 0.29) is 29.4 Å². The number of ether oxygens (including phenoxy) is 1. The molecule has 2 aliphatic rings. The number of carbonyl (C=O) groups is 1. The number of nitrogens with two attached hydrogens (primary N) is 1. The third kappa shape index (κ3) is 2.78. The van der Waals surface area contributed by atoms with Crippen molar-refractivity contribution >= 4 is 15.7 Å². The number of nitrogens with one attached hydrogen (secondary N) is 1. The molecule has 3 unspecified atom stereocenters. The maximum Gasteiger partial charge on any atom is 0.227 e. The fourth-order valence-electron chi connectivity index (χ4n) is 2.34. The van der Waals surface area contributed by atoms with E-state index in [1.807, 2.05) is 0 Å². The standard InChI is InChI=1S/C10H18N2O4S/c1-10(2-3-17(14,15)6-10)12-9(13)7-4-16-5-8(7)11/h7-8H,2-6,11H2,1H3,(H,12,13). The summed E-state index contributed by atoms with van der Waals surface area (Å²) in [6.45, 7) is 2.46. The summed E-state index contributed by atoms with van der Waals surface area (Å²) in [5, 5.41) is 2.81. The van der Waals surface area contributed by atoms with Crippen LogP contribution in [0.15, 0.2) is 0 Å². The Kier molecular flexibility index (Phi) is 3.17. The van der Waals surface area contributed by atoms with Gasteiger partial charge in [-0.25, -0.2) is 8.42 Å². The highest BCUT2D eigenvalue weighted by molar-refractivity contribution is 7.91. The lowest BCUT2D eigenvalue weighted by Gasteiger charge is -2.26. The van der Waals surface area contributed by atoms with Crippen LogP contribution in [0.1, 0.15) is 13.3 Å². The van der Waals surface area contributed by atoms with Gasteiger partial charge < -0.3 is 15.8 Å². The average molecular weight is 262 g/mol. The van der Waals surface area contributed by atoms with Gasteiger partial charge in [0.25, 0.3) is 0 Å². The molecule has 0 aromatic heterocycles. The van der Waals surface area contributed by atoms with Gasteiger partial charge in [0.15, 0.2) is 9.84 Å². The van der Waals surface area contributed by atoms with E-state index in [2.05, 4.69) is 5.32 Å². The monoisotopic (exact) mass is 262 g/mol. The Labute approximate surface area is 101 Å². The Hall–Kier alpha value is -0.660. The van der Waals surface area contributed by atoms with Crippen molar-refractivity contribution in [3.8, 4) is 0 Å². The van der Waals surface area contributed by atoms with Crippen LogP contribution in [0.4, 0.5) is 0 Å². The number of carbonyl (C=O) groups excluding carboxylic acids is 1. The molecule has 3 N–H and O–H groups in total. The van der Waals surface area contributed by atoms with E-state index in [1.54, 1.807) is 6.92 Å². The van der Waals surface area contributed by atoms with Crippen LogP contribution in [0.3, 0.4) is 0 Å². The van der Waals surface area contributed by atoms with Crippen LogP contribution in [0.5, 0.6) is 0 Å². The molecular weight excluding hydrogens is 244 g/mol. The number of sulfone groups is 1. The molecule has 2 rings (SSSR count). The lowest BCUT2D eigenvalue weighted by atomic mass is 9.98. The zero-order valence-electron chi connectivity index (χ0n) is 9.81. The quantitative estimate of drug-likeness (QED) is 0.641. The normalized spacial score (nSPS) is 40.4. The van der Waals surface area contributed by atoms with E-state index in [1.165, 1.54) is 0 Å². The average Bonchev–Trinajstić information content (AvgIpc) is 2.70. The predicted octanol–water partition coefficient (Wildman–Crippen LogP) is -1.35. The molecule has 2 heterocycles. The van der Waals surface area contributed by atoms with Crippen molar-refractivity contribution in [2.45, 2.75) is 24.9 Å². The fraction of sp³-hybridized carbons (Fsp3) is 0.900. The molecule has 0 spiro atoms. The minimum Gasteiger partial charge on any atom is -0.379 e. The second-order valence-electron chi connectivity index (χ2n) is 5.20. The van der Waals surface area contributed by atoms with E-state index in [4.69, 9.17) is 10.5 Å². The summed E-state index contributed by atoms with van der Waals surface area (Å²) in [6.07, 6.45) is 0.462. The summed E-state index contributed by atoms with van der Waals surface area (Å²) in [6, 6.07) is -0.295. The first kappa shape index (κ1) is 12.8. The highest BCUT2D eigenvalue weighted by atomic mass is 32.2. The van der Waals surface area contributed by atoms with Crippen molar-refractivity contribution in [2.24, 2.45) is 11.7 Å². The van der Waals surface area contributed by atoms with Gasteiger partial charge in [0.2, 0.25) is 5.91 Å². The third-order valence-electron chi connectivity index (χ3n) is 3.39. The molecule has 0 aromatic carbocycles. The Morgan fingerprint density at radius 1 is 1.47 bits per heavy atom. The molecule has 2 aliphatic heterocycles.